The van der Waals surface area contributed by atoms with E-state index in [1.807, 2.05) is 6.92 Å². The molecule has 0 aromatic heterocycles. The molecule has 10 unspecified atom stereocenters. The van der Waals surface area contributed by atoms with E-state index in [0.29, 0.717) is 19.3 Å². The molecule has 20 atom stereocenters. The fourth-order valence-electron chi connectivity index (χ4n) is 14.1. The molecule has 7 fully saturated rings. The monoisotopic (exact) mass is 822 g/mol. The van der Waals surface area contributed by atoms with E-state index in [1.165, 1.54) is 5.57 Å². The molecule has 3 heterocycles. The van der Waals surface area contributed by atoms with Crippen LogP contribution in [0.4, 0.5) is 0 Å². The van der Waals surface area contributed by atoms with Crippen LogP contribution in [-0.4, -0.2) is 139 Å². The maximum absolute atomic E-state index is 13.1. The van der Waals surface area contributed by atoms with Crippen LogP contribution in [-0.2, 0) is 38.1 Å². The number of carbonyl (C=O) groups excluding carboxylic acids is 1. The molecule has 8 rings (SSSR count). The molecule has 3 aliphatic heterocycles. The minimum absolute atomic E-state index is 0.0365. The smallest absolute Gasteiger partial charge is 0.335 e. The van der Waals surface area contributed by atoms with Crippen LogP contribution in [0.3, 0.4) is 0 Å². The fraction of sp³-hybridized carbons (Fsp3) is 0.881. The third-order valence-electron chi connectivity index (χ3n) is 17.7. The number of esters is 1. The number of ether oxygens (including phenoxy) is 5. The van der Waals surface area contributed by atoms with Gasteiger partial charge in [0.15, 0.2) is 24.8 Å². The summed E-state index contributed by atoms with van der Waals surface area (Å²) in [6, 6.07) is 0. The number of rotatable bonds is 7. The zero-order valence-corrected chi connectivity index (χ0v) is 34.2. The molecule has 8 aliphatic rings. The van der Waals surface area contributed by atoms with Crippen molar-refractivity contribution in [1.82, 2.24) is 0 Å². The van der Waals surface area contributed by atoms with E-state index in [1.54, 1.807) is 0 Å². The topological polar surface area (TPSA) is 259 Å². The van der Waals surface area contributed by atoms with Gasteiger partial charge < -0.3 is 64.5 Å². The Hall–Kier alpha value is -2.25. The Morgan fingerprint density at radius 1 is 0.724 bits per heavy atom. The molecular weight excluding hydrogens is 760 g/mol. The molecule has 0 amide bonds. The molecule has 4 saturated carbocycles. The van der Waals surface area contributed by atoms with E-state index in [0.717, 1.165) is 38.5 Å². The zero-order chi connectivity index (χ0) is 42.3. The van der Waals surface area contributed by atoms with Gasteiger partial charge in [-0.1, -0.05) is 46.3 Å². The zero-order valence-electron chi connectivity index (χ0n) is 34.2. The minimum Gasteiger partial charge on any atom is -0.479 e. The minimum atomic E-state index is -2.03. The number of aliphatic hydroxyl groups excluding tert-OH is 6. The van der Waals surface area contributed by atoms with Gasteiger partial charge in [-0.05, 0) is 92.3 Å². The van der Waals surface area contributed by atoms with Crippen LogP contribution in [0.5, 0.6) is 0 Å². The lowest BCUT2D eigenvalue weighted by Crippen LogP contribution is -2.69. The van der Waals surface area contributed by atoms with Gasteiger partial charge in [-0.2, -0.15) is 0 Å². The quantitative estimate of drug-likeness (QED) is 0.103. The Bertz CT molecular complexity index is 1720. The summed E-state index contributed by atoms with van der Waals surface area (Å²) < 4.78 is 29.5. The Labute approximate surface area is 337 Å². The largest absolute Gasteiger partial charge is 0.479 e. The van der Waals surface area contributed by atoms with Gasteiger partial charge in [-0.15, -0.1) is 0 Å². The van der Waals surface area contributed by atoms with Crippen molar-refractivity contribution in [2.45, 2.75) is 173 Å². The van der Waals surface area contributed by atoms with Crippen molar-refractivity contribution in [3.8, 4) is 0 Å². The van der Waals surface area contributed by atoms with Crippen molar-refractivity contribution in [2.75, 3.05) is 6.61 Å². The first kappa shape index (κ1) is 42.4. The van der Waals surface area contributed by atoms with E-state index in [2.05, 4.69) is 40.7 Å². The van der Waals surface area contributed by atoms with Gasteiger partial charge in [0.05, 0.1) is 11.5 Å². The van der Waals surface area contributed by atoms with Crippen molar-refractivity contribution < 1.29 is 78.9 Å². The summed E-state index contributed by atoms with van der Waals surface area (Å²) in [5.74, 6) is -3.00. The predicted molar refractivity (Wildman–Crippen MR) is 198 cm³/mol. The highest BCUT2D eigenvalue weighted by molar-refractivity contribution is 5.82. The fourth-order valence-corrected chi connectivity index (χ4v) is 14.1. The van der Waals surface area contributed by atoms with Crippen LogP contribution >= 0.6 is 0 Å². The van der Waals surface area contributed by atoms with Crippen LogP contribution in [0.15, 0.2) is 11.6 Å². The van der Waals surface area contributed by atoms with Crippen LogP contribution in [0.25, 0.3) is 0 Å². The molecule has 58 heavy (non-hydrogen) atoms. The number of carboxylic acids is 2. The first-order valence-electron chi connectivity index (χ1n) is 21.0. The third-order valence-corrected chi connectivity index (χ3v) is 17.7. The summed E-state index contributed by atoms with van der Waals surface area (Å²) in [4.78, 5) is 37.1. The summed E-state index contributed by atoms with van der Waals surface area (Å²) in [6.45, 7) is 13.2. The second kappa shape index (κ2) is 13.9. The highest BCUT2D eigenvalue weighted by Gasteiger charge is 2.72. The molecule has 0 aromatic rings. The Morgan fingerprint density at radius 2 is 1.36 bits per heavy atom. The van der Waals surface area contributed by atoms with Crippen molar-refractivity contribution in [3.05, 3.63) is 11.6 Å². The van der Waals surface area contributed by atoms with Gasteiger partial charge >= 0.3 is 17.9 Å². The normalized spacial score (nSPS) is 54.5. The lowest BCUT2D eigenvalue weighted by molar-refractivity contribution is -0.372. The van der Waals surface area contributed by atoms with Gasteiger partial charge in [0.2, 0.25) is 0 Å². The van der Waals surface area contributed by atoms with Crippen molar-refractivity contribution >= 4 is 17.9 Å². The summed E-state index contributed by atoms with van der Waals surface area (Å²) in [7, 11) is 0. The Kier molecular flexibility index (Phi) is 10.2. The van der Waals surface area contributed by atoms with E-state index < -0.39 is 95.7 Å². The maximum Gasteiger partial charge on any atom is 0.335 e. The van der Waals surface area contributed by atoms with Crippen molar-refractivity contribution in [1.29, 1.82) is 0 Å². The standard InChI is InChI=1S/C42H62O16/c1-37(2)20-9-11-41(6)21(8-7-18-19-15-38(3)16-23(55-36(38)53)39(19,4)13-14-40(18,41)5)42(20,17-43)12-10-22(37)54-35-31(27(47)26(46)30(57-35)33(51)52)58-34-28(48)24(44)25(45)29(56-34)32(49)50/h15,18,20-31,34-35,43-48H,7-14,16-17H2,1-6H3,(H,49,50)(H,51,52)/t18?,20?,21?,22?,23?,24-,25-,26-,27-,28+,29-,30-,31+,34-,35+,38?,39?,40?,41?,42?/m0/s1. The van der Waals surface area contributed by atoms with Gasteiger partial charge in [-0.3, -0.25) is 4.79 Å². The second-order valence-electron chi connectivity index (χ2n) is 20.6. The molecule has 16 nitrogen and oxygen atoms in total. The number of carbonyl (C=O) groups is 3. The number of aliphatic hydroxyl groups is 6. The molecule has 3 saturated heterocycles. The average Bonchev–Trinajstić information content (AvgIpc) is 3.43. The second-order valence-corrected chi connectivity index (χ2v) is 20.6. The summed E-state index contributed by atoms with van der Waals surface area (Å²) >= 11 is 0. The summed E-state index contributed by atoms with van der Waals surface area (Å²) in [5.41, 5.74) is -0.825. The molecule has 0 spiro atoms. The predicted octanol–water partition coefficient (Wildman–Crippen LogP) is 1.49. The first-order valence-corrected chi connectivity index (χ1v) is 21.0. The molecule has 2 bridgehead atoms. The van der Waals surface area contributed by atoms with Crippen molar-refractivity contribution in [3.63, 3.8) is 0 Å². The van der Waals surface area contributed by atoms with Gasteiger partial charge in [0.1, 0.15) is 42.7 Å². The Balaban J connectivity index is 1.07. The highest BCUT2D eigenvalue weighted by Crippen LogP contribution is 2.77. The van der Waals surface area contributed by atoms with Crippen LogP contribution in [0, 0.1) is 50.2 Å². The molecule has 0 aromatic carbocycles. The molecule has 5 aliphatic carbocycles. The number of fused-ring (bicyclic) bond motifs is 10. The molecule has 16 heteroatoms. The number of aliphatic carboxylic acids is 2. The SMILES string of the molecule is CC12C=C3C4CCC5C6(CO)CCC(O[C@@H]7O[C@H](C(=O)O)[C@@H](O)[C@H](O)[C@H]7O[C@@H]7O[C@H](C(=O)O)[C@@H](O)[C@H](O)[C@H]7O)C(C)(C)C6CCC5(C)C4(C)CCC3(C)C(C1)OC2=O. The lowest BCUT2D eigenvalue weighted by Gasteiger charge is -2.73. The number of carboxylic acid groups (broad SMARTS) is 2. The molecule has 0 radical (unpaired) electrons. The van der Waals surface area contributed by atoms with Crippen LogP contribution < -0.4 is 0 Å². The van der Waals surface area contributed by atoms with Gasteiger partial charge in [0.25, 0.3) is 0 Å². The third kappa shape index (κ3) is 5.72. The molecule has 8 N–H and O–H groups in total. The maximum atomic E-state index is 13.1. The van der Waals surface area contributed by atoms with Gasteiger partial charge in [-0.25, -0.2) is 9.59 Å². The van der Waals surface area contributed by atoms with E-state index >= 15 is 0 Å². The van der Waals surface area contributed by atoms with Crippen LogP contribution in [0.1, 0.15) is 99.3 Å². The summed E-state index contributed by atoms with van der Waals surface area (Å²) in [5, 5.41) is 84.5. The lowest BCUT2D eigenvalue weighted by atomic mass is 9.32. The van der Waals surface area contributed by atoms with Crippen molar-refractivity contribution in [2.24, 2.45) is 50.2 Å². The highest BCUT2D eigenvalue weighted by atomic mass is 16.8. The Morgan fingerprint density at radius 3 is 2.00 bits per heavy atom. The average molecular weight is 823 g/mol. The van der Waals surface area contributed by atoms with Crippen LogP contribution in [0.2, 0.25) is 0 Å². The molecular formula is C42H62O16. The number of hydrogen-bond donors (Lipinski definition) is 8. The van der Waals surface area contributed by atoms with E-state index in [4.69, 9.17) is 23.7 Å². The summed E-state index contributed by atoms with van der Waals surface area (Å²) in [6.07, 6.45) is -10.8. The molecule has 326 valence electrons. The number of hydrogen-bond acceptors (Lipinski definition) is 14. The van der Waals surface area contributed by atoms with E-state index in [-0.39, 0.29) is 52.7 Å². The van der Waals surface area contributed by atoms with Gasteiger partial charge in [0, 0.05) is 23.9 Å². The first-order chi connectivity index (χ1) is 27.0. The van der Waals surface area contributed by atoms with E-state index in [9.17, 15) is 55.2 Å².